The van der Waals surface area contributed by atoms with Crippen LogP contribution >= 0.6 is 0 Å². The maximum atomic E-state index is 9.71. The van der Waals surface area contributed by atoms with E-state index in [1.54, 1.807) is 0 Å². The van der Waals surface area contributed by atoms with E-state index in [-0.39, 0.29) is 0 Å². The van der Waals surface area contributed by atoms with E-state index in [1.807, 2.05) is 6.08 Å². The van der Waals surface area contributed by atoms with Gasteiger partial charge in [0.2, 0.25) is 0 Å². The molecular formula is C10H16O3. The second kappa shape index (κ2) is 3.68. The summed E-state index contributed by atoms with van der Waals surface area (Å²) in [7, 11) is 0. The number of aliphatic hydroxyl groups excluding tert-OH is 2. The van der Waals surface area contributed by atoms with E-state index in [2.05, 4.69) is 0 Å². The summed E-state index contributed by atoms with van der Waals surface area (Å²) in [6, 6.07) is 0. The van der Waals surface area contributed by atoms with E-state index in [0.29, 0.717) is 18.3 Å². The number of hydrogen-bond acceptors (Lipinski definition) is 3. The average molecular weight is 184 g/mol. The molecule has 1 aliphatic heterocycles. The molecule has 3 heteroatoms. The van der Waals surface area contributed by atoms with Crippen LogP contribution in [-0.4, -0.2) is 29.0 Å². The van der Waals surface area contributed by atoms with Gasteiger partial charge in [-0.05, 0) is 37.7 Å². The molecule has 3 nitrogen and oxygen atoms in total. The van der Waals surface area contributed by atoms with Crippen molar-refractivity contribution in [2.24, 2.45) is 5.92 Å². The Labute approximate surface area is 78.0 Å². The molecule has 13 heavy (non-hydrogen) atoms. The van der Waals surface area contributed by atoms with Crippen molar-refractivity contribution in [3.63, 3.8) is 0 Å². The van der Waals surface area contributed by atoms with Crippen LogP contribution in [0.2, 0.25) is 0 Å². The van der Waals surface area contributed by atoms with Gasteiger partial charge in [-0.15, -0.1) is 0 Å². The number of hydrogen-bond donors (Lipinski definition) is 2. The number of allylic oxidation sites excluding steroid dienone is 1. The SMILES string of the molecule is OC(C1=CCCCO1)C(O)C1CC1. The lowest BCUT2D eigenvalue weighted by atomic mass is 10.1. The van der Waals surface area contributed by atoms with Crippen molar-refractivity contribution in [2.75, 3.05) is 6.61 Å². The molecule has 0 aromatic heterocycles. The number of aliphatic hydroxyl groups is 2. The Balaban J connectivity index is 1.93. The first kappa shape index (κ1) is 9.03. The fraction of sp³-hybridized carbons (Fsp3) is 0.800. The van der Waals surface area contributed by atoms with Crippen LogP contribution in [0.3, 0.4) is 0 Å². The summed E-state index contributed by atoms with van der Waals surface area (Å²) in [5.41, 5.74) is 0. The quantitative estimate of drug-likeness (QED) is 0.682. The van der Waals surface area contributed by atoms with Crippen LogP contribution in [0.4, 0.5) is 0 Å². The topological polar surface area (TPSA) is 49.7 Å². The van der Waals surface area contributed by atoms with Crippen LogP contribution in [0.15, 0.2) is 11.8 Å². The van der Waals surface area contributed by atoms with Gasteiger partial charge in [0.25, 0.3) is 0 Å². The maximum Gasteiger partial charge on any atom is 0.137 e. The zero-order chi connectivity index (χ0) is 9.26. The van der Waals surface area contributed by atoms with Crippen molar-refractivity contribution < 1.29 is 14.9 Å². The van der Waals surface area contributed by atoms with E-state index >= 15 is 0 Å². The number of ether oxygens (including phenoxy) is 1. The third-order valence-corrected chi connectivity index (χ3v) is 2.68. The predicted molar refractivity (Wildman–Crippen MR) is 48.0 cm³/mol. The molecule has 0 bridgehead atoms. The summed E-state index contributed by atoms with van der Waals surface area (Å²) >= 11 is 0. The minimum atomic E-state index is -0.798. The van der Waals surface area contributed by atoms with Crippen LogP contribution in [0, 0.1) is 5.92 Å². The van der Waals surface area contributed by atoms with Crippen LogP contribution < -0.4 is 0 Å². The fourth-order valence-electron chi connectivity index (χ4n) is 1.65. The maximum absolute atomic E-state index is 9.71. The molecule has 0 aromatic rings. The summed E-state index contributed by atoms with van der Waals surface area (Å²) in [6.07, 6.45) is 4.49. The molecule has 2 unspecified atom stereocenters. The lowest BCUT2D eigenvalue weighted by Gasteiger charge is -2.23. The molecule has 0 aromatic carbocycles. The first-order valence-electron chi connectivity index (χ1n) is 4.98. The van der Waals surface area contributed by atoms with Gasteiger partial charge in [0.05, 0.1) is 12.7 Å². The second-order valence-corrected chi connectivity index (χ2v) is 3.87. The Morgan fingerprint density at radius 2 is 2.15 bits per heavy atom. The smallest absolute Gasteiger partial charge is 0.137 e. The van der Waals surface area contributed by atoms with E-state index in [4.69, 9.17) is 4.74 Å². The summed E-state index contributed by atoms with van der Waals surface area (Å²) in [4.78, 5) is 0. The van der Waals surface area contributed by atoms with Crippen LogP contribution in [-0.2, 0) is 4.74 Å². The zero-order valence-electron chi connectivity index (χ0n) is 7.65. The Bertz CT molecular complexity index is 208. The molecule has 2 rings (SSSR count). The Morgan fingerprint density at radius 1 is 1.38 bits per heavy atom. The van der Waals surface area contributed by atoms with E-state index in [1.165, 1.54) is 0 Å². The second-order valence-electron chi connectivity index (χ2n) is 3.87. The third-order valence-electron chi connectivity index (χ3n) is 2.68. The monoisotopic (exact) mass is 184 g/mol. The summed E-state index contributed by atoms with van der Waals surface area (Å²) in [6.45, 7) is 0.667. The Kier molecular flexibility index (Phi) is 2.56. The van der Waals surface area contributed by atoms with Crippen molar-refractivity contribution in [3.8, 4) is 0 Å². The highest BCUT2D eigenvalue weighted by atomic mass is 16.5. The van der Waals surface area contributed by atoms with Crippen molar-refractivity contribution >= 4 is 0 Å². The molecule has 2 N–H and O–H groups in total. The molecule has 1 saturated carbocycles. The molecule has 0 spiro atoms. The van der Waals surface area contributed by atoms with Gasteiger partial charge in [-0.3, -0.25) is 0 Å². The van der Waals surface area contributed by atoms with Crippen molar-refractivity contribution in [2.45, 2.75) is 37.9 Å². The van der Waals surface area contributed by atoms with E-state index in [9.17, 15) is 10.2 Å². The first-order valence-corrected chi connectivity index (χ1v) is 4.98. The Morgan fingerprint density at radius 3 is 2.69 bits per heavy atom. The minimum absolute atomic E-state index is 0.293. The van der Waals surface area contributed by atoms with Gasteiger partial charge >= 0.3 is 0 Å². The molecule has 0 amide bonds. The molecule has 74 valence electrons. The van der Waals surface area contributed by atoms with Gasteiger partial charge in [-0.25, -0.2) is 0 Å². The molecule has 1 heterocycles. The zero-order valence-corrected chi connectivity index (χ0v) is 7.65. The summed E-state index contributed by atoms with van der Waals surface area (Å²) < 4.78 is 5.29. The molecule has 1 fully saturated rings. The Hall–Kier alpha value is -0.540. The third kappa shape index (κ3) is 2.03. The van der Waals surface area contributed by atoms with Gasteiger partial charge in [0.1, 0.15) is 11.9 Å². The van der Waals surface area contributed by atoms with E-state index in [0.717, 1.165) is 25.7 Å². The molecule has 2 atom stereocenters. The van der Waals surface area contributed by atoms with E-state index < -0.39 is 12.2 Å². The molecule has 0 saturated heterocycles. The highest BCUT2D eigenvalue weighted by Gasteiger charge is 2.36. The molecular weight excluding hydrogens is 168 g/mol. The predicted octanol–water partition coefficient (Wildman–Crippen LogP) is 0.812. The lowest BCUT2D eigenvalue weighted by Crippen LogP contribution is -2.31. The summed E-state index contributed by atoms with van der Waals surface area (Å²) in [5.74, 6) is 0.868. The first-order chi connectivity index (χ1) is 6.29. The van der Waals surface area contributed by atoms with Gasteiger partial charge in [-0.1, -0.05) is 0 Å². The highest BCUT2D eigenvalue weighted by molar-refractivity contribution is 5.06. The van der Waals surface area contributed by atoms with Crippen LogP contribution in [0.25, 0.3) is 0 Å². The van der Waals surface area contributed by atoms with Crippen LogP contribution in [0.5, 0.6) is 0 Å². The van der Waals surface area contributed by atoms with Gasteiger partial charge in [0, 0.05) is 0 Å². The normalized spacial score (nSPS) is 27.4. The standard InChI is InChI=1S/C10H16O3/c11-9(7-4-5-7)10(12)8-3-1-2-6-13-8/h3,7,9-12H,1-2,4-6H2. The molecule has 1 aliphatic carbocycles. The number of rotatable bonds is 3. The average Bonchev–Trinajstić information content (AvgIpc) is 3.00. The van der Waals surface area contributed by atoms with Crippen molar-refractivity contribution in [3.05, 3.63) is 11.8 Å². The molecule has 0 radical (unpaired) electrons. The fourth-order valence-corrected chi connectivity index (χ4v) is 1.65. The highest BCUT2D eigenvalue weighted by Crippen LogP contribution is 2.35. The van der Waals surface area contributed by atoms with Crippen LogP contribution in [0.1, 0.15) is 25.7 Å². The van der Waals surface area contributed by atoms with Gasteiger partial charge in [-0.2, -0.15) is 0 Å². The van der Waals surface area contributed by atoms with Crippen molar-refractivity contribution in [1.82, 2.24) is 0 Å². The van der Waals surface area contributed by atoms with Crippen molar-refractivity contribution in [1.29, 1.82) is 0 Å². The largest absolute Gasteiger partial charge is 0.495 e. The minimum Gasteiger partial charge on any atom is -0.495 e. The molecule has 2 aliphatic rings. The van der Waals surface area contributed by atoms with Gasteiger partial charge in [0.15, 0.2) is 0 Å². The summed E-state index contributed by atoms with van der Waals surface area (Å²) in [5, 5.41) is 19.3. The lowest BCUT2D eigenvalue weighted by molar-refractivity contribution is -0.0114. The van der Waals surface area contributed by atoms with Gasteiger partial charge < -0.3 is 14.9 Å².